The molecule has 1 aromatic heterocycles. The minimum atomic E-state index is -0.939. The molecule has 0 bridgehead atoms. The molecule has 1 saturated carbocycles. The first kappa shape index (κ1) is 21.9. The van der Waals surface area contributed by atoms with Gasteiger partial charge in [-0.2, -0.15) is 0 Å². The Kier molecular flexibility index (Phi) is 6.78. The average molecular weight is 432 g/mol. The molecule has 0 atom stereocenters. The lowest BCUT2D eigenvalue weighted by atomic mass is 9.86. The molecule has 0 radical (unpaired) electrons. The van der Waals surface area contributed by atoms with Gasteiger partial charge in [0.25, 0.3) is 0 Å². The third-order valence-corrected chi connectivity index (χ3v) is 6.28. The lowest BCUT2D eigenvalue weighted by Gasteiger charge is -2.19. The van der Waals surface area contributed by atoms with Gasteiger partial charge in [0.05, 0.1) is 5.56 Å². The third kappa shape index (κ3) is 4.96. The van der Waals surface area contributed by atoms with Crippen molar-refractivity contribution in [2.24, 2.45) is 5.92 Å². The van der Waals surface area contributed by atoms with Crippen LogP contribution in [0, 0.1) is 5.92 Å². The van der Waals surface area contributed by atoms with Crippen LogP contribution in [0.2, 0.25) is 0 Å². The van der Waals surface area contributed by atoms with Crippen LogP contribution in [0.1, 0.15) is 77.8 Å². The molecule has 3 aromatic rings. The number of hydrogen-bond donors (Lipinski definition) is 1. The zero-order valence-electron chi connectivity index (χ0n) is 18.5. The maximum atomic E-state index is 12.7. The van der Waals surface area contributed by atoms with Gasteiger partial charge in [0.15, 0.2) is 0 Å². The van der Waals surface area contributed by atoms with Gasteiger partial charge in [-0.1, -0.05) is 74.6 Å². The molecule has 6 nitrogen and oxygen atoms in total. The number of nitrogens with zero attached hydrogens (tertiary/aromatic N) is 3. The normalized spacial score (nSPS) is 14.4. The zero-order valence-corrected chi connectivity index (χ0v) is 18.5. The fourth-order valence-electron chi connectivity index (χ4n) is 4.53. The number of aryl methyl sites for hydroxylation is 1. The Bertz CT molecular complexity index is 1100. The lowest BCUT2D eigenvalue weighted by Crippen LogP contribution is -2.13. The van der Waals surface area contributed by atoms with Gasteiger partial charge in [0.2, 0.25) is 11.6 Å². The van der Waals surface area contributed by atoms with Gasteiger partial charge >= 0.3 is 5.97 Å². The summed E-state index contributed by atoms with van der Waals surface area (Å²) in [6.45, 7) is 2.66. The SMILES string of the molecule is CCn1nc(C(=O)CC2CCCCC2)nc1Cc1ccc(-c2ccccc2C(=O)O)cc1. The first-order chi connectivity index (χ1) is 15.5. The smallest absolute Gasteiger partial charge is 0.336 e. The van der Waals surface area contributed by atoms with Crippen molar-refractivity contribution < 1.29 is 14.7 Å². The van der Waals surface area contributed by atoms with Crippen LogP contribution < -0.4 is 0 Å². The summed E-state index contributed by atoms with van der Waals surface area (Å²) >= 11 is 0. The first-order valence-electron chi connectivity index (χ1n) is 11.4. The van der Waals surface area contributed by atoms with E-state index in [4.69, 9.17) is 0 Å². The summed E-state index contributed by atoms with van der Waals surface area (Å²) in [6, 6.07) is 14.8. The highest BCUT2D eigenvalue weighted by molar-refractivity contribution is 5.96. The molecule has 0 aliphatic heterocycles. The molecule has 1 fully saturated rings. The van der Waals surface area contributed by atoms with Crippen molar-refractivity contribution >= 4 is 11.8 Å². The minimum absolute atomic E-state index is 0.0472. The largest absolute Gasteiger partial charge is 0.478 e. The summed E-state index contributed by atoms with van der Waals surface area (Å²) in [5.41, 5.74) is 2.87. The molecule has 166 valence electrons. The fraction of sp³-hybridized carbons (Fsp3) is 0.385. The Morgan fingerprint density at radius 3 is 2.44 bits per heavy atom. The summed E-state index contributed by atoms with van der Waals surface area (Å²) in [6.07, 6.45) is 7.08. The van der Waals surface area contributed by atoms with Gasteiger partial charge in [-0.3, -0.25) is 4.79 Å². The quantitative estimate of drug-likeness (QED) is 0.482. The number of aromatic nitrogens is 3. The van der Waals surface area contributed by atoms with Gasteiger partial charge in [0.1, 0.15) is 5.82 Å². The average Bonchev–Trinajstić information content (AvgIpc) is 3.23. The van der Waals surface area contributed by atoms with Gasteiger partial charge in [-0.15, -0.1) is 5.10 Å². The molecule has 0 unspecified atom stereocenters. The number of rotatable bonds is 8. The van der Waals surface area contributed by atoms with Crippen LogP contribution in [0.15, 0.2) is 48.5 Å². The second-order valence-electron chi connectivity index (χ2n) is 8.52. The fourth-order valence-corrected chi connectivity index (χ4v) is 4.53. The molecule has 4 rings (SSSR count). The molecule has 0 amide bonds. The molecule has 1 aliphatic carbocycles. The van der Waals surface area contributed by atoms with E-state index in [1.165, 1.54) is 19.3 Å². The summed E-state index contributed by atoms with van der Waals surface area (Å²) < 4.78 is 1.81. The maximum Gasteiger partial charge on any atom is 0.336 e. The highest BCUT2D eigenvalue weighted by Gasteiger charge is 2.22. The van der Waals surface area contributed by atoms with E-state index in [1.807, 2.05) is 48.0 Å². The van der Waals surface area contributed by atoms with E-state index >= 15 is 0 Å². The van der Waals surface area contributed by atoms with E-state index in [-0.39, 0.29) is 11.3 Å². The molecule has 32 heavy (non-hydrogen) atoms. The molecule has 0 spiro atoms. The second kappa shape index (κ2) is 9.90. The van der Waals surface area contributed by atoms with Crippen molar-refractivity contribution in [1.29, 1.82) is 0 Å². The van der Waals surface area contributed by atoms with E-state index in [0.29, 0.717) is 36.7 Å². The Balaban J connectivity index is 1.49. The number of carboxylic acid groups (broad SMARTS) is 1. The van der Waals surface area contributed by atoms with Gasteiger partial charge < -0.3 is 5.11 Å². The minimum Gasteiger partial charge on any atom is -0.478 e. The highest BCUT2D eigenvalue weighted by Crippen LogP contribution is 2.27. The number of carboxylic acids is 1. The number of carbonyl (C=O) groups excluding carboxylic acids is 1. The van der Waals surface area contributed by atoms with E-state index in [2.05, 4.69) is 10.1 Å². The van der Waals surface area contributed by atoms with Crippen LogP contribution in [-0.4, -0.2) is 31.6 Å². The summed E-state index contributed by atoms with van der Waals surface area (Å²) in [5.74, 6) is 0.684. The van der Waals surface area contributed by atoms with Crippen LogP contribution in [0.25, 0.3) is 11.1 Å². The summed E-state index contributed by atoms with van der Waals surface area (Å²) in [5, 5.41) is 13.9. The first-order valence-corrected chi connectivity index (χ1v) is 11.4. The molecule has 6 heteroatoms. The number of aromatic carboxylic acids is 1. The van der Waals surface area contributed by atoms with Crippen LogP contribution in [0.5, 0.6) is 0 Å². The number of carbonyl (C=O) groups is 2. The summed E-state index contributed by atoms with van der Waals surface area (Å²) in [7, 11) is 0. The number of hydrogen-bond acceptors (Lipinski definition) is 4. The molecular weight excluding hydrogens is 402 g/mol. The molecule has 1 heterocycles. The standard InChI is InChI=1S/C26H29N3O3/c1-2-29-24(27-25(28-29)23(30)16-18-8-4-3-5-9-18)17-19-12-14-20(15-13-19)21-10-6-7-11-22(21)26(31)32/h6-7,10-15,18H,2-5,8-9,16-17H2,1H3,(H,31,32). The predicted molar refractivity (Wildman–Crippen MR) is 123 cm³/mol. The van der Waals surface area contributed by atoms with Crippen molar-refractivity contribution in [3.8, 4) is 11.1 Å². The van der Waals surface area contributed by atoms with Gasteiger partial charge in [-0.25, -0.2) is 14.5 Å². The monoisotopic (exact) mass is 431 g/mol. The number of Topliss-reactive ketones (excluding diaryl/α,β-unsaturated/α-hetero) is 1. The maximum absolute atomic E-state index is 12.7. The number of benzene rings is 2. The Labute approximate surface area is 188 Å². The van der Waals surface area contributed by atoms with Crippen LogP contribution in [-0.2, 0) is 13.0 Å². The van der Waals surface area contributed by atoms with Crippen molar-refractivity contribution in [2.45, 2.75) is 58.4 Å². The Morgan fingerprint density at radius 2 is 1.75 bits per heavy atom. The van der Waals surface area contributed by atoms with Crippen LogP contribution in [0.4, 0.5) is 0 Å². The molecule has 2 aromatic carbocycles. The second-order valence-corrected chi connectivity index (χ2v) is 8.52. The van der Waals surface area contributed by atoms with Crippen LogP contribution >= 0.6 is 0 Å². The van der Waals surface area contributed by atoms with Gasteiger partial charge in [-0.05, 0) is 35.6 Å². The lowest BCUT2D eigenvalue weighted by molar-refractivity contribution is 0.0697. The van der Waals surface area contributed by atoms with E-state index in [1.54, 1.807) is 12.1 Å². The van der Waals surface area contributed by atoms with Crippen LogP contribution in [0.3, 0.4) is 0 Å². The molecule has 0 saturated heterocycles. The van der Waals surface area contributed by atoms with Crippen molar-refractivity contribution in [2.75, 3.05) is 0 Å². The van der Waals surface area contributed by atoms with E-state index < -0.39 is 5.97 Å². The zero-order chi connectivity index (χ0) is 22.5. The Morgan fingerprint density at radius 1 is 1.03 bits per heavy atom. The number of ketones is 1. The third-order valence-electron chi connectivity index (χ3n) is 6.28. The van der Waals surface area contributed by atoms with Crippen molar-refractivity contribution in [3.63, 3.8) is 0 Å². The predicted octanol–water partition coefficient (Wildman–Crippen LogP) is 5.41. The summed E-state index contributed by atoms with van der Waals surface area (Å²) in [4.78, 5) is 28.8. The highest BCUT2D eigenvalue weighted by atomic mass is 16.4. The van der Waals surface area contributed by atoms with Crippen molar-refractivity contribution in [3.05, 3.63) is 71.3 Å². The van der Waals surface area contributed by atoms with E-state index in [0.717, 1.165) is 29.8 Å². The van der Waals surface area contributed by atoms with E-state index in [9.17, 15) is 14.7 Å². The van der Waals surface area contributed by atoms with Crippen molar-refractivity contribution in [1.82, 2.24) is 14.8 Å². The van der Waals surface area contributed by atoms with Gasteiger partial charge in [0, 0.05) is 19.4 Å². The molecule has 1 aliphatic rings. The topological polar surface area (TPSA) is 85.1 Å². The molecular formula is C26H29N3O3. The Hall–Kier alpha value is -3.28. The molecule has 1 N–H and O–H groups in total.